The second kappa shape index (κ2) is 7.53. The van der Waals surface area contributed by atoms with Crippen LogP contribution in [-0.2, 0) is 9.59 Å². The molecule has 2 aliphatic rings. The zero-order valence-corrected chi connectivity index (χ0v) is 16.1. The number of β-amino-alcohol motifs (C(OH)–C–C–N with tert-alkyl or cyclic N) is 1. The van der Waals surface area contributed by atoms with E-state index in [0.29, 0.717) is 5.92 Å². The minimum Gasteiger partial charge on any atom is -0.391 e. The summed E-state index contributed by atoms with van der Waals surface area (Å²) < 4.78 is 14.0. The number of carbonyl (C=O) groups is 2. The second-order valence-electron chi connectivity index (χ2n) is 8.54. The lowest BCUT2D eigenvalue weighted by atomic mass is 9.85. The standard InChI is InChI=1S/C18H28FN5O3/c1-18(2,3)15(24-10-13(21-22-24)11-4-5-11)17(27)23-9-12(25)8-14(23)16(26)20-7-6-19/h10-12,14-15,25H,4-9H2,1-3H3,(H,20,26)/t12-,14+,15-/m1/s1. The van der Waals surface area contributed by atoms with Crippen LogP contribution in [-0.4, -0.2) is 68.7 Å². The molecule has 8 nitrogen and oxygen atoms in total. The van der Waals surface area contributed by atoms with Gasteiger partial charge >= 0.3 is 0 Å². The first-order valence-corrected chi connectivity index (χ1v) is 9.46. The number of aromatic nitrogens is 3. The number of nitrogens with zero attached hydrogens (tertiary/aromatic N) is 4. The molecule has 2 amide bonds. The van der Waals surface area contributed by atoms with Gasteiger partial charge in [0.15, 0.2) is 0 Å². The van der Waals surface area contributed by atoms with Gasteiger partial charge in [0, 0.05) is 31.6 Å². The topological polar surface area (TPSA) is 100 Å². The van der Waals surface area contributed by atoms with Crippen molar-refractivity contribution in [2.45, 2.75) is 64.1 Å². The van der Waals surface area contributed by atoms with Gasteiger partial charge in [0.05, 0.1) is 11.8 Å². The van der Waals surface area contributed by atoms with Gasteiger partial charge in [-0.15, -0.1) is 5.10 Å². The van der Waals surface area contributed by atoms with E-state index in [1.165, 1.54) is 4.90 Å². The van der Waals surface area contributed by atoms with Crippen molar-refractivity contribution in [3.63, 3.8) is 0 Å². The Morgan fingerprint density at radius 2 is 2.11 bits per heavy atom. The molecule has 150 valence electrons. The van der Waals surface area contributed by atoms with Crippen molar-refractivity contribution in [1.29, 1.82) is 0 Å². The highest BCUT2D eigenvalue weighted by Gasteiger charge is 2.45. The van der Waals surface area contributed by atoms with E-state index < -0.39 is 36.2 Å². The summed E-state index contributed by atoms with van der Waals surface area (Å²) >= 11 is 0. The Morgan fingerprint density at radius 3 is 2.70 bits per heavy atom. The third-order valence-electron chi connectivity index (χ3n) is 5.10. The van der Waals surface area contributed by atoms with Crippen molar-refractivity contribution in [3.05, 3.63) is 11.9 Å². The zero-order valence-electron chi connectivity index (χ0n) is 16.1. The third kappa shape index (κ3) is 4.28. The molecule has 0 spiro atoms. The molecule has 2 N–H and O–H groups in total. The summed E-state index contributed by atoms with van der Waals surface area (Å²) in [7, 11) is 0. The van der Waals surface area contributed by atoms with E-state index in [0.717, 1.165) is 18.5 Å². The summed E-state index contributed by atoms with van der Waals surface area (Å²) in [6, 6.07) is -1.46. The molecule has 0 bridgehead atoms. The molecule has 9 heteroatoms. The highest BCUT2D eigenvalue weighted by atomic mass is 19.1. The number of aliphatic hydroxyl groups is 1. The minimum atomic E-state index is -0.810. The second-order valence-corrected chi connectivity index (χ2v) is 8.54. The smallest absolute Gasteiger partial charge is 0.248 e. The Kier molecular flexibility index (Phi) is 5.50. The SMILES string of the molecule is CC(C)(C)[C@@H](C(=O)N1C[C@H](O)C[C@H]1C(=O)NCCF)n1cc(C2CC2)nn1. The van der Waals surface area contributed by atoms with Gasteiger partial charge in [-0.05, 0) is 18.3 Å². The van der Waals surface area contributed by atoms with E-state index in [1.54, 1.807) is 4.68 Å². The van der Waals surface area contributed by atoms with E-state index >= 15 is 0 Å². The van der Waals surface area contributed by atoms with E-state index in [2.05, 4.69) is 15.6 Å². The van der Waals surface area contributed by atoms with Crippen LogP contribution >= 0.6 is 0 Å². The summed E-state index contributed by atoms with van der Waals surface area (Å²) in [4.78, 5) is 27.1. The van der Waals surface area contributed by atoms with Crippen LogP contribution in [0.3, 0.4) is 0 Å². The lowest BCUT2D eigenvalue weighted by Gasteiger charge is -2.34. The van der Waals surface area contributed by atoms with Gasteiger partial charge in [-0.2, -0.15) is 0 Å². The molecule has 1 aromatic rings. The first-order chi connectivity index (χ1) is 12.7. The van der Waals surface area contributed by atoms with Gasteiger partial charge < -0.3 is 15.3 Å². The Balaban J connectivity index is 1.84. The van der Waals surface area contributed by atoms with E-state index in [-0.39, 0.29) is 25.4 Å². The largest absolute Gasteiger partial charge is 0.391 e. The van der Waals surface area contributed by atoms with Crippen LogP contribution in [0.5, 0.6) is 0 Å². The van der Waals surface area contributed by atoms with Crippen molar-refractivity contribution >= 4 is 11.8 Å². The number of nitrogens with one attached hydrogen (secondary N) is 1. The molecule has 0 aromatic carbocycles. The first kappa shape index (κ1) is 19.7. The Morgan fingerprint density at radius 1 is 1.41 bits per heavy atom. The van der Waals surface area contributed by atoms with Crippen LogP contribution < -0.4 is 5.32 Å². The number of hydrogen-bond acceptors (Lipinski definition) is 5. The van der Waals surface area contributed by atoms with Crippen LogP contribution in [0.4, 0.5) is 4.39 Å². The van der Waals surface area contributed by atoms with Crippen LogP contribution in [0.1, 0.15) is 57.7 Å². The molecule has 2 heterocycles. The molecule has 27 heavy (non-hydrogen) atoms. The van der Waals surface area contributed by atoms with Crippen LogP contribution in [0.25, 0.3) is 0 Å². The molecule has 1 saturated carbocycles. The predicted octanol–water partition coefficient (Wildman–Crippen LogP) is 0.790. The number of hydrogen-bond donors (Lipinski definition) is 2. The van der Waals surface area contributed by atoms with E-state index in [1.807, 2.05) is 27.0 Å². The average molecular weight is 381 g/mol. The fourth-order valence-electron chi connectivity index (χ4n) is 3.61. The molecule has 0 unspecified atom stereocenters. The van der Waals surface area contributed by atoms with E-state index in [9.17, 15) is 19.1 Å². The molecule has 1 aliphatic carbocycles. The summed E-state index contributed by atoms with van der Waals surface area (Å²) in [5.41, 5.74) is 0.412. The maximum absolute atomic E-state index is 13.4. The monoisotopic (exact) mass is 381 g/mol. The molecule has 3 rings (SSSR count). The highest BCUT2D eigenvalue weighted by molar-refractivity contribution is 5.90. The Hall–Kier alpha value is -2.03. The van der Waals surface area contributed by atoms with Gasteiger partial charge in [0.1, 0.15) is 18.8 Å². The molecule has 1 saturated heterocycles. The first-order valence-electron chi connectivity index (χ1n) is 9.46. The number of aliphatic hydroxyl groups excluding tert-OH is 1. The Labute approximate surface area is 158 Å². The van der Waals surface area contributed by atoms with Crippen molar-refractivity contribution < 1.29 is 19.1 Å². The fraction of sp³-hybridized carbons (Fsp3) is 0.778. The summed E-state index contributed by atoms with van der Waals surface area (Å²) in [6.45, 7) is 5.08. The number of alkyl halides is 1. The van der Waals surface area contributed by atoms with Crippen molar-refractivity contribution in [2.75, 3.05) is 19.8 Å². The maximum atomic E-state index is 13.4. The van der Waals surface area contributed by atoms with Gasteiger partial charge in [0.2, 0.25) is 11.8 Å². The van der Waals surface area contributed by atoms with Crippen LogP contribution in [0.15, 0.2) is 6.20 Å². The van der Waals surface area contributed by atoms with Gasteiger partial charge in [-0.1, -0.05) is 26.0 Å². The maximum Gasteiger partial charge on any atom is 0.248 e. The molecular weight excluding hydrogens is 353 g/mol. The van der Waals surface area contributed by atoms with Crippen LogP contribution in [0.2, 0.25) is 0 Å². The van der Waals surface area contributed by atoms with Crippen LogP contribution in [0, 0.1) is 5.41 Å². The zero-order chi connectivity index (χ0) is 19.8. The quantitative estimate of drug-likeness (QED) is 0.759. The molecule has 0 radical (unpaired) electrons. The van der Waals surface area contributed by atoms with Crippen molar-refractivity contribution in [1.82, 2.24) is 25.2 Å². The third-order valence-corrected chi connectivity index (χ3v) is 5.10. The summed E-state index contributed by atoms with van der Waals surface area (Å²) in [5, 5.41) is 20.9. The fourth-order valence-corrected chi connectivity index (χ4v) is 3.61. The predicted molar refractivity (Wildman–Crippen MR) is 95.6 cm³/mol. The highest BCUT2D eigenvalue weighted by Crippen LogP contribution is 2.40. The number of rotatable bonds is 6. The van der Waals surface area contributed by atoms with Gasteiger partial charge in [-0.3, -0.25) is 9.59 Å². The lowest BCUT2D eigenvalue weighted by Crippen LogP contribution is -2.50. The Bertz CT molecular complexity index is 697. The number of carbonyl (C=O) groups excluding carboxylic acids is 2. The summed E-state index contributed by atoms with van der Waals surface area (Å²) in [5.74, 6) is -0.309. The number of amides is 2. The van der Waals surface area contributed by atoms with Crippen molar-refractivity contribution in [3.8, 4) is 0 Å². The van der Waals surface area contributed by atoms with Crippen molar-refractivity contribution in [2.24, 2.45) is 5.41 Å². The molecular formula is C18H28FN5O3. The molecule has 1 aliphatic heterocycles. The van der Waals surface area contributed by atoms with Gasteiger partial charge in [0.25, 0.3) is 0 Å². The minimum absolute atomic E-state index is 0.0727. The average Bonchev–Trinajstić information content (AvgIpc) is 3.20. The summed E-state index contributed by atoms with van der Waals surface area (Å²) in [6.07, 6.45) is 3.35. The van der Waals surface area contributed by atoms with E-state index in [4.69, 9.17) is 0 Å². The lowest BCUT2D eigenvalue weighted by molar-refractivity contribution is -0.144. The van der Waals surface area contributed by atoms with Gasteiger partial charge in [-0.25, -0.2) is 9.07 Å². The normalized spacial score (nSPS) is 24.1. The number of halogens is 1. The molecule has 3 atom stereocenters. The number of likely N-dealkylation sites (tertiary alicyclic amines) is 1. The molecule has 1 aromatic heterocycles. The molecule has 2 fully saturated rings.